The molecule has 1 atom stereocenters. The lowest BCUT2D eigenvalue weighted by atomic mass is 10.1. The normalized spacial score (nSPS) is 19.3. The van der Waals surface area contributed by atoms with Gasteiger partial charge in [-0.15, -0.1) is 0 Å². The van der Waals surface area contributed by atoms with Gasteiger partial charge >= 0.3 is 5.97 Å². The molecule has 0 aromatic carbocycles. The third kappa shape index (κ3) is 2.20. The molecule has 98 valence electrons. The summed E-state index contributed by atoms with van der Waals surface area (Å²) in [5.74, 6) is -1.59. The Morgan fingerprint density at radius 3 is 2.56 bits per heavy atom. The summed E-state index contributed by atoms with van der Waals surface area (Å²) in [6.07, 6.45) is 0.479. The first-order valence-electron chi connectivity index (χ1n) is 5.44. The topological polar surface area (TPSA) is 62.5 Å². The number of rotatable bonds is 2. The first-order chi connectivity index (χ1) is 8.41. The van der Waals surface area contributed by atoms with Gasteiger partial charge in [-0.1, -0.05) is 23.2 Å². The van der Waals surface area contributed by atoms with Crippen LogP contribution in [0.2, 0.25) is 10.2 Å². The second-order valence-corrected chi connectivity index (χ2v) is 5.07. The highest BCUT2D eigenvalue weighted by Gasteiger charge is 2.32. The Morgan fingerprint density at radius 2 is 2.11 bits per heavy atom. The smallest absolute Gasteiger partial charge is 0.308 e. The Balaban J connectivity index is 2.18. The van der Waals surface area contributed by atoms with Gasteiger partial charge in [-0.05, 0) is 12.5 Å². The highest BCUT2D eigenvalue weighted by molar-refractivity contribution is 6.41. The average Bonchev–Trinajstić information content (AvgIpc) is 2.90. The molecule has 1 N–H and O–H groups in total. The average molecular weight is 291 g/mol. The van der Waals surface area contributed by atoms with Gasteiger partial charge in [0, 0.05) is 20.1 Å². The fourth-order valence-electron chi connectivity index (χ4n) is 2.06. The second kappa shape index (κ2) is 4.82. The lowest BCUT2D eigenvalue weighted by molar-refractivity contribution is -0.141. The van der Waals surface area contributed by atoms with E-state index in [-0.39, 0.29) is 12.5 Å². The third-order valence-electron chi connectivity index (χ3n) is 3.16. The quantitative estimate of drug-likeness (QED) is 0.905. The van der Waals surface area contributed by atoms with Crippen molar-refractivity contribution in [3.63, 3.8) is 0 Å². The SMILES string of the molecule is Cn1c(C(=O)N2CC[C@H](C(=O)O)C2)cc(Cl)c1Cl. The van der Waals surface area contributed by atoms with Crippen LogP contribution in [0, 0.1) is 5.92 Å². The molecule has 1 fully saturated rings. The summed E-state index contributed by atoms with van der Waals surface area (Å²) >= 11 is 11.7. The third-order valence-corrected chi connectivity index (χ3v) is 4.00. The molecule has 1 aromatic rings. The summed E-state index contributed by atoms with van der Waals surface area (Å²) in [5.41, 5.74) is 0.371. The first kappa shape index (κ1) is 13.2. The van der Waals surface area contributed by atoms with Gasteiger partial charge in [0.15, 0.2) is 0 Å². The summed E-state index contributed by atoms with van der Waals surface area (Å²) in [7, 11) is 1.65. The van der Waals surface area contributed by atoms with E-state index < -0.39 is 11.9 Å². The molecular weight excluding hydrogens is 279 g/mol. The zero-order chi connectivity index (χ0) is 13.4. The van der Waals surface area contributed by atoms with Crippen molar-refractivity contribution in [3.8, 4) is 0 Å². The van der Waals surface area contributed by atoms with Crippen molar-refractivity contribution in [1.29, 1.82) is 0 Å². The molecule has 2 rings (SSSR count). The molecule has 1 aliphatic heterocycles. The molecule has 5 nitrogen and oxygen atoms in total. The Morgan fingerprint density at radius 1 is 1.44 bits per heavy atom. The lowest BCUT2D eigenvalue weighted by Crippen LogP contribution is -2.31. The van der Waals surface area contributed by atoms with Gasteiger partial charge in [-0.25, -0.2) is 0 Å². The van der Waals surface area contributed by atoms with E-state index in [2.05, 4.69) is 0 Å². The summed E-state index contributed by atoms with van der Waals surface area (Å²) in [4.78, 5) is 24.6. The van der Waals surface area contributed by atoms with Gasteiger partial charge in [-0.2, -0.15) is 0 Å². The zero-order valence-corrected chi connectivity index (χ0v) is 11.2. The standard InChI is InChI=1S/C11H12Cl2N2O3/c1-14-8(4-7(12)9(14)13)10(16)15-3-2-6(5-15)11(17)18/h4,6H,2-3,5H2,1H3,(H,17,18)/t6-/m0/s1. The summed E-state index contributed by atoms with van der Waals surface area (Å²) in [6, 6.07) is 1.50. The minimum atomic E-state index is -0.867. The van der Waals surface area contributed by atoms with E-state index in [0.717, 1.165) is 0 Å². The van der Waals surface area contributed by atoms with Crippen molar-refractivity contribution in [3.05, 3.63) is 21.9 Å². The molecule has 1 saturated heterocycles. The number of likely N-dealkylation sites (tertiary alicyclic amines) is 1. The molecule has 1 amide bonds. The predicted molar refractivity (Wildman–Crippen MR) is 67.1 cm³/mol. The highest BCUT2D eigenvalue weighted by atomic mass is 35.5. The van der Waals surface area contributed by atoms with Crippen molar-refractivity contribution < 1.29 is 14.7 Å². The molecule has 2 heterocycles. The Labute approximate surface area is 114 Å². The number of hydrogen-bond donors (Lipinski definition) is 1. The van der Waals surface area contributed by atoms with Crippen LogP contribution >= 0.6 is 23.2 Å². The van der Waals surface area contributed by atoms with Gasteiger partial charge in [0.25, 0.3) is 5.91 Å². The van der Waals surface area contributed by atoms with Crippen LogP contribution in [0.5, 0.6) is 0 Å². The number of aromatic nitrogens is 1. The molecule has 0 spiro atoms. The number of carbonyl (C=O) groups is 2. The lowest BCUT2D eigenvalue weighted by Gasteiger charge is -2.16. The van der Waals surface area contributed by atoms with Crippen LogP contribution in [0.4, 0.5) is 0 Å². The fraction of sp³-hybridized carbons (Fsp3) is 0.455. The van der Waals surface area contributed by atoms with Gasteiger partial charge < -0.3 is 14.6 Å². The Bertz CT molecular complexity index is 513. The van der Waals surface area contributed by atoms with E-state index in [1.807, 2.05) is 0 Å². The van der Waals surface area contributed by atoms with Crippen molar-refractivity contribution in [2.24, 2.45) is 13.0 Å². The van der Waals surface area contributed by atoms with Gasteiger partial charge in [-0.3, -0.25) is 9.59 Å². The van der Waals surface area contributed by atoms with Gasteiger partial charge in [0.1, 0.15) is 10.8 Å². The van der Waals surface area contributed by atoms with E-state index >= 15 is 0 Å². The minimum Gasteiger partial charge on any atom is -0.481 e. The van der Waals surface area contributed by atoms with Crippen LogP contribution in [-0.2, 0) is 11.8 Å². The predicted octanol–water partition coefficient (Wildman–Crippen LogP) is 1.88. The maximum absolute atomic E-state index is 12.2. The molecule has 7 heteroatoms. The molecular formula is C11H12Cl2N2O3. The van der Waals surface area contributed by atoms with Crippen LogP contribution in [0.25, 0.3) is 0 Å². The maximum Gasteiger partial charge on any atom is 0.308 e. The van der Waals surface area contributed by atoms with Crippen LogP contribution < -0.4 is 0 Å². The number of hydrogen-bond acceptors (Lipinski definition) is 2. The number of aliphatic carboxylic acids is 1. The first-order valence-corrected chi connectivity index (χ1v) is 6.20. The summed E-state index contributed by atoms with van der Waals surface area (Å²) < 4.78 is 1.50. The summed E-state index contributed by atoms with van der Waals surface area (Å²) in [6.45, 7) is 0.671. The number of carboxylic acids is 1. The minimum absolute atomic E-state index is 0.231. The number of nitrogens with zero attached hydrogens (tertiary/aromatic N) is 2. The number of carboxylic acid groups (broad SMARTS) is 1. The number of amides is 1. The number of halogens is 2. The van der Waals surface area contributed by atoms with Gasteiger partial charge in [0.05, 0.1) is 10.9 Å². The molecule has 0 saturated carbocycles. The maximum atomic E-state index is 12.2. The molecule has 0 aliphatic carbocycles. The fourth-order valence-corrected chi connectivity index (χ4v) is 2.43. The second-order valence-electron chi connectivity index (χ2n) is 4.30. The van der Waals surface area contributed by atoms with E-state index in [1.165, 1.54) is 15.5 Å². The van der Waals surface area contributed by atoms with Gasteiger partial charge in [0.2, 0.25) is 0 Å². The molecule has 0 unspecified atom stereocenters. The van der Waals surface area contributed by atoms with Crippen molar-refractivity contribution in [2.45, 2.75) is 6.42 Å². The highest BCUT2D eigenvalue weighted by Crippen LogP contribution is 2.27. The Hall–Kier alpha value is -1.20. The van der Waals surface area contributed by atoms with E-state index in [0.29, 0.717) is 28.8 Å². The molecule has 0 radical (unpaired) electrons. The molecule has 1 aromatic heterocycles. The van der Waals surface area contributed by atoms with E-state index in [1.54, 1.807) is 7.05 Å². The number of carbonyl (C=O) groups excluding carboxylic acids is 1. The van der Waals surface area contributed by atoms with Crippen LogP contribution in [0.15, 0.2) is 6.07 Å². The largest absolute Gasteiger partial charge is 0.481 e. The Kier molecular flexibility index (Phi) is 3.54. The summed E-state index contributed by atoms with van der Waals surface area (Å²) in [5, 5.41) is 9.52. The van der Waals surface area contributed by atoms with E-state index in [4.69, 9.17) is 28.3 Å². The van der Waals surface area contributed by atoms with Crippen LogP contribution in [0.1, 0.15) is 16.9 Å². The molecule has 1 aliphatic rings. The van der Waals surface area contributed by atoms with Crippen molar-refractivity contribution in [2.75, 3.05) is 13.1 Å². The van der Waals surface area contributed by atoms with E-state index in [9.17, 15) is 9.59 Å². The van der Waals surface area contributed by atoms with Crippen molar-refractivity contribution in [1.82, 2.24) is 9.47 Å². The monoisotopic (exact) mass is 290 g/mol. The molecule has 0 bridgehead atoms. The van der Waals surface area contributed by atoms with Crippen LogP contribution in [-0.4, -0.2) is 39.5 Å². The zero-order valence-electron chi connectivity index (χ0n) is 9.69. The van der Waals surface area contributed by atoms with Crippen molar-refractivity contribution >= 4 is 35.1 Å². The molecule has 18 heavy (non-hydrogen) atoms. The van der Waals surface area contributed by atoms with Crippen LogP contribution in [0.3, 0.4) is 0 Å².